The SMILES string of the molecule is CC(=O)O[C@@H](CC(=O)[O-])C[N+](C)(C)C.[Cl-]. The van der Waals surface area contributed by atoms with Gasteiger partial charge in [-0.05, 0) is 0 Å². The van der Waals surface area contributed by atoms with Crippen LogP contribution in [0.3, 0.4) is 0 Å². The molecule has 5 nitrogen and oxygen atoms in total. The average Bonchev–Trinajstić information content (AvgIpc) is 1.77. The number of rotatable bonds is 5. The molecule has 0 spiro atoms. The van der Waals surface area contributed by atoms with E-state index in [0.717, 1.165) is 0 Å². The fourth-order valence-corrected chi connectivity index (χ4v) is 1.17. The van der Waals surface area contributed by atoms with Crippen molar-refractivity contribution >= 4 is 11.9 Å². The van der Waals surface area contributed by atoms with Gasteiger partial charge in [-0.25, -0.2) is 0 Å². The van der Waals surface area contributed by atoms with E-state index in [1.54, 1.807) is 0 Å². The van der Waals surface area contributed by atoms with Crippen LogP contribution in [0.2, 0.25) is 0 Å². The molecule has 0 amide bonds. The first-order valence-electron chi connectivity index (χ1n) is 4.38. The summed E-state index contributed by atoms with van der Waals surface area (Å²) in [6.07, 6.45) is -0.868. The van der Waals surface area contributed by atoms with Crippen molar-refractivity contribution in [3.8, 4) is 0 Å². The van der Waals surface area contributed by atoms with Gasteiger partial charge in [-0.15, -0.1) is 0 Å². The molecule has 0 aliphatic rings. The van der Waals surface area contributed by atoms with Gasteiger partial charge < -0.3 is 31.5 Å². The summed E-state index contributed by atoms with van der Waals surface area (Å²) in [7, 11) is 5.68. The first-order valence-corrected chi connectivity index (χ1v) is 4.38. The zero-order valence-electron chi connectivity index (χ0n) is 9.45. The Morgan fingerprint density at radius 1 is 1.33 bits per heavy atom. The molecule has 0 aromatic heterocycles. The number of esters is 1. The molecule has 0 bridgehead atoms. The lowest BCUT2D eigenvalue weighted by Crippen LogP contribution is -3.00. The molecule has 1 atom stereocenters. The molecule has 0 aromatic carbocycles. The smallest absolute Gasteiger partial charge is 0.303 e. The second-order valence-electron chi connectivity index (χ2n) is 4.28. The standard InChI is InChI=1S/C9H17NO4.ClH/c1-7(11)14-8(5-9(12)13)6-10(2,3)4;/h8H,5-6H2,1-4H3;1H/p-1/t8-;/m0./s1. The van der Waals surface area contributed by atoms with Crippen LogP contribution in [0, 0.1) is 0 Å². The van der Waals surface area contributed by atoms with Gasteiger partial charge in [0, 0.05) is 19.3 Å². The fourth-order valence-electron chi connectivity index (χ4n) is 1.17. The molecule has 0 heterocycles. The number of hydrogen-bond donors (Lipinski definition) is 0. The van der Waals surface area contributed by atoms with Crippen molar-refractivity contribution in [2.45, 2.75) is 19.4 Å². The highest BCUT2D eigenvalue weighted by Gasteiger charge is 2.20. The maximum Gasteiger partial charge on any atom is 0.303 e. The van der Waals surface area contributed by atoms with Crippen LogP contribution in [0.15, 0.2) is 0 Å². The molecule has 6 heteroatoms. The highest BCUT2D eigenvalue weighted by molar-refractivity contribution is 5.68. The Labute approximate surface area is 96.0 Å². The van der Waals surface area contributed by atoms with Gasteiger partial charge in [-0.1, -0.05) is 0 Å². The van der Waals surface area contributed by atoms with Crippen LogP contribution in [0.4, 0.5) is 0 Å². The second kappa shape index (κ2) is 6.63. The van der Waals surface area contributed by atoms with Crippen molar-refractivity contribution in [1.29, 1.82) is 0 Å². The van der Waals surface area contributed by atoms with E-state index in [4.69, 9.17) is 4.74 Å². The predicted molar refractivity (Wildman–Crippen MR) is 48.1 cm³/mol. The summed E-state index contributed by atoms with van der Waals surface area (Å²) in [4.78, 5) is 21.0. The zero-order valence-corrected chi connectivity index (χ0v) is 10.2. The Bertz CT molecular complexity index is 209. The molecule has 0 aliphatic carbocycles. The van der Waals surface area contributed by atoms with Crippen molar-refractivity contribution in [1.82, 2.24) is 0 Å². The Morgan fingerprint density at radius 2 is 1.80 bits per heavy atom. The van der Waals surface area contributed by atoms with E-state index in [1.807, 2.05) is 21.1 Å². The fraction of sp³-hybridized carbons (Fsp3) is 0.778. The van der Waals surface area contributed by atoms with Crippen molar-refractivity contribution in [2.24, 2.45) is 0 Å². The van der Waals surface area contributed by atoms with Crippen LogP contribution in [0.1, 0.15) is 13.3 Å². The van der Waals surface area contributed by atoms with Gasteiger partial charge >= 0.3 is 5.97 Å². The lowest BCUT2D eigenvalue weighted by Gasteiger charge is -2.28. The van der Waals surface area contributed by atoms with Gasteiger partial charge in [-0.2, -0.15) is 0 Å². The molecule has 0 aromatic rings. The number of carbonyl (C=O) groups is 2. The van der Waals surface area contributed by atoms with E-state index in [-0.39, 0.29) is 18.8 Å². The normalized spacial score (nSPS) is 12.5. The molecule has 0 saturated heterocycles. The molecular formula is C9H17ClNO4-. The van der Waals surface area contributed by atoms with E-state index in [9.17, 15) is 14.7 Å². The third-order valence-corrected chi connectivity index (χ3v) is 1.48. The number of likely N-dealkylation sites (N-methyl/N-ethyl adjacent to an activating group) is 1. The van der Waals surface area contributed by atoms with Crippen molar-refractivity contribution in [2.75, 3.05) is 27.7 Å². The molecule has 0 saturated carbocycles. The van der Waals surface area contributed by atoms with Crippen LogP contribution < -0.4 is 17.5 Å². The van der Waals surface area contributed by atoms with Gasteiger partial charge in [0.2, 0.25) is 0 Å². The Hall–Kier alpha value is -0.810. The highest BCUT2D eigenvalue weighted by atomic mass is 35.5. The lowest BCUT2D eigenvalue weighted by molar-refractivity contribution is -0.873. The van der Waals surface area contributed by atoms with Gasteiger partial charge in [0.15, 0.2) is 6.10 Å². The number of ether oxygens (including phenoxy) is 1. The summed E-state index contributed by atoms with van der Waals surface area (Å²) in [6.45, 7) is 1.71. The van der Waals surface area contributed by atoms with Crippen LogP contribution in [-0.4, -0.2) is 50.2 Å². The number of hydrogen-bond acceptors (Lipinski definition) is 4. The summed E-state index contributed by atoms with van der Waals surface area (Å²) in [5.74, 6) is -1.67. The van der Waals surface area contributed by atoms with Crippen LogP contribution in [-0.2, 0) is 14.3 Å². The molecular weight excluding hydrogens is 222 g/mol. The van der Waals surface area contributed by atoms with E-state index in [1.165, 1.54) is 6.92 Å². The largest absolute Gasteiger partial charge is 1.00 e. The van der Waals surface area contributed by atoms with Crippen molar-refractivity contribution in [3.63, 3.8) is 0 Å². The molecule has 90 valence electrons. The number of carboxylic acid groups (broad SMARTS) is 1. The summed E-state index contributed by atoms with van der Waals surface area (Å²) >= 11 is 0. The van der Waals surface area contributed by atoms with Gasteiger partial charge in [0.05, 0.1) is 21.1 Å². The predicted octanol–water partition coefficient (Wildman–Crippen LogP) is -4.23. The minimum absolute atomic E-state index is 0. The maximum absolute atomic E-state index is 10.7. The summed E-state index contributed by atoms with van der Waals surface area (Å²) < 4.78 is 5.39. The third-order valence-electron chi connectivity index (χ3n) is 1.48. The molecule has 0 fully saturated rings. The number of carboxylic acids is 1. The topological polar surface area (TPSA) is 66.4 Å². The summed E-state index contributed by atoms with van der Waals surface area (Å²) in [6, 6.07) is 0. The van der Waals surface area contributed by atoms with Crippen molar-refractivity contribution < 1.29 is 36.3 Å². The number of aliphatic carboxylic acids is 1. The molecule has 0 radical (unpaired) electrons. The molecule has 15 heavy (non-hydrogen) atoms. The summed E-state index contributed by atoms with van der Waals surface area (Å²) in [5.41, 5.74) is 0. The maximum atomic E-state index is 10.7. The number of carbonyl (C=O) groups excluding carboxylic acids is 2. The van der Waals surface area contributed by atoms with Crippen LogP contribution >= 0.6 is 0 Å². The first kappa shape index (κ1) is 16.6. The Balaban J connectivity index is 0. The molecule has 0 N–H and O–H groups in total. The van der Waals surface area contributed by atoms with Gasteiger partial charge in [-0.3, -0.25) is 4.79 Å². The monoisotopic (exact) mass is 238 g/mol. The number of halogens is 1. The molecule has 0 aliphatic heterocycles. The van der Waals surface area contributed by atoms with Crippen molar-refractivity contribution in [3.05, 3.63) is 0 Å². The Morgan fingerprint density at radius 3 is 2.07 bits per heavy atom. The van der Waals surface area contributed by atoms with Gasteiger partial charge in [0.25, 0.3) is 0 Å². The first-order chi connectivity index (χ1) is 6.20. The molecule has 0 unspecified atom stereocenters. The third kappa shape index (κ3) is 11.1. The minimum Gasteiger partial charge on any atom is -1.00 e. The highest BCUT2D eigenvalue weighted by Crippen LogP contribution is 2.04. The minimum atomic E-state index is -1.20. The zero-order chi connectivity index (χ0) is 11.4. The quantitative estimate of drug-likeness (QED) is 0.360. The summed E-state index contributed by atoms with van der Waals surface area (Å²) in [5, 5.41) is 10.4. The average molecular weight is 239 g/mol. The van der Waals surface area contributed by atoms with E-state index in [0.29, 0.717) is 11.0 Å². The molecule has 0 rings (SSSR count). The second-order valence-corrected chi connectivity index (χ2v) is 4.28. The number of quaternary nitrogens is 1. The van der Waals surface area contributed by atoms with E-state index >= 15 is 0 Å². The van der Waals surface area contributed by atoms with E-state index < -0.39 is 18.0 Å². The lowest BCUT2D eigenvalue weighted by atomic mass is 10.2. The van der Waals surface area contributed by atoms with Crippen LogP contribution in [0.25, 0.3) is 0 Å². The van der Waals surface area contributed by atoms with Crippen LogP contribution in [0.5, 0.6) is 0 Å². The Kier molecular flexibility index (Phi) is 7.35. The van der Waals surface area contributed by atoms with Gasteiger partial charge in [0.1, 0.15) is 6.54 Å². The number of nitrogens with zero attached hydrogens (tertiary/aromatic N) is 1. The van der Waals surface area contributed by atoms with E-state index in [2.05, 4.69) is 0 Å².